The van der Waals surface area contributed by atoms with Gasteiger partial charge in [-0.1, -0.05) is 12.1 Å². The van der Waals surface area contributed by atoms with Gasteiger partial charge in [0.15, 0.2) is 0 Å². The number of nitrogens with one attached hydrogen (secondary N) is 2. The summed E-state index contributed by atoms with van der Waals surface area (Å²) in [5.41, 5.74) is 3.23. The number of aryl methyl sites for hydroxylation is 2. The Kier molecular flexibility index (Phi) is 4.85. The standard InChI is InChI=1S/C18H21N3O2S/c1-12-9-16(24-13(12)2)18(23)20-10-14-3-5-15(6-4-14)21-8-7-19-17(22)11-21/h3-6,9H,7-8,10-11H2,1-2H3,(H,19,22)(H,20,23). The van der Waals surface area contributed by atoms with Crippen LogP contribution in [-0.2, 0) is 11.3 Å². The zero-order valence-corrected chi connectivity index (χ0v) is 14.7. The Morgan fingerprint density at radius 1 is 1.29 bits per heavy atom. The van der Waals surface area contributed by atoms with Gasteiger partial charge in [-0.05, 0) is 43.2 Å². The van der Waals surface area contributed by atoms with Crippen LogP contribution in [0.4, 0.5) is 5.69 Å². The van der Waals surface area contributed by atoms with E-state index in [9.17, 15) is 9.59 Å². The van der Waals surface area contributed by atoms with Crippen LogP contribution in [0.1, 0.15) is 25.7 Å². The minimum atomic E-state index is -0.0343. The highest BCUT2D eigenvalue weighted by atomic mass is 32.1. The summed E-state index contributed by atoms with van der Waals surface area (Å²) in [6.45, 7) is 6.43. The van der Waals surface area contributed by atoms with E-state index in [-0.39, 0.29) is 11.8 Å². The predicted molar refractivity (Wildman–Crippen MR) is 96.6 cm³/mol. The van der Waals surface area contributed by atoms with Crippen molar-refractivity contribution < 1.29 is 9.59 Å². The highest BCUT2D eigenvalue weighted by molar-refractivity contribution is 7.14. The van der Waals surface area contributed by atoms with Crippen molar-refractivity contribution in [2.24, 2.45) is 0 Å². The van der Waals surface area contributed by atoms with Crippen LogP contribution >= 0.6 is 11.3 Å². The van der Waals surface area contributed by atoms with Crippen LogP contribution < -0.4 is 15.5 Å². The van der Waals surface area contributed by atoms with Crippen molar-refractivity contribution in [3.8, 4) is 0 Å². The Labute approximate surface area is 145 Å². The molecule has 5 nitrogen and oxygen atoms in total. The first-order chi connectivity index (χ1) is 11.5. The molecule has 126 valence electrons. The second-order valence-corrected chi connectivity index (χ2v) is 7.23. The molecule has 3 rings (SSSR count). The van der Waals surface area contributed by atoms with Gasteiger partial charge < -0.3 is 15.5 Å². The normalized spacial score (nSPS) is 14.4. The summed E-state index contributed by atoms with van der Waals surface area (Å²) in [6, 6.07) is 9.92. The third-order valence-corrected chi connectivity index (χ3v) is 5.33. The van der Waals surface area contributed by atoms with Gasteiger partial charge in [0.2, 0.25) is 5.91 Å². The van der Waals surface area contributed by atoms with Crippen molar-refractivity contribution in [3.63, 3.8) is 0 Å². The second kappa shape index (κ2) is 7.05. The molecular weight excluding hydrogens is 322 g/mol. The molecule has 1 aliphatic rings. The van der Waals surface area contributed by atoms with E-state index >= 15 is 0 Å². The van der Waals surface area contributed by atoms with E-state index < -0.39 is 0 Å². The van der Waals surface area contributed by atoms with Gasteiger partial charge in [0.25, 0.3) is 5.91 Å². The van der Waals surface area contributed by atoms with E-state index in [1.165, 1.54) is 16.2 Å². The fourth-order valence-corrected chi connectivity index (χ4v) is 3.59. The molecule has 2 amide bonds. The van der Waals surface area contributed by atoms with Crippen LogP contribution in [0.3, 0.4) is 0 Å². The molecule has 2 N–H and O–H groups in total. The summed E-state index contributed by atoms with van der Waals surface area (Å²) in [6.07, 6.45) is 0. The molecule has 2 aromatic rings. The lowest BCUT2D eigenvalue weighted by molar-refractivity contribution is -0.120. The van der Waals surface area contributed by atoms with Crippen molar-refractivity contribution >= 4 is 28.8 Å². The van der Waals surface area contributed by atoms with Crippen molar-refractivity contribution in [2.45, 2.75) is 20.4 Å². The monoisotopic (exact) mass is 343 g/mol. The topological polar surface area (TPSA) is 61.4 Å². The Morgan fingerprint density at radius 3 is 2.67 bits per heavy atom. The van der Waals surface area contributed by atoms with Crippen LogP contribution in [0.15, 0.2) is 30.3 Å². The number of thiophene rings is 1. The molecule has 0 aliphatic carbocycles. The molecule has 0 spiro atoms. The van der Waals surface area contributed by atoms with E-state index in [0.29, 0.717) is 19.6 Å². The van der Waals surface area contributed by atoms with Gasteiger partial charge in [-0.2, -0.15) is 0 Å². The zero-order valence-electron chi connectivity index (χ0n) is 13.9. The van der Waals surface area contributed by atoms with Gasteiger partial charge in [-0.25, -0.2) is 0 Å². The lowest BCUT2D eigenvalue weighted by Crippen LogP contribution is -2.47. The lowest BCUT2D eigenvalue weighted by Gasteiger charge is -2.28. The molecule has 2 heterocycles. The van der Waals surface area contributed by atoms with E-state index in [4.69, 9.17) is 0 Å². The van der Waals surface area contributed by atoms with Gasteiger partial charge in [-0.3, -0.25) is 9.59 Å². The Balaban J connectivity index is 1.58. The van der Waals surface area contributed by atoms with Crippen LogP contribution in [0.2, 0.25) is 0 Å². The molecule has 1 aromatic carbocycles. The van der Waals surface area contributed by atoms with Crippen LogP contribution in [-0.4, -0.2) is 31.4 Å². The van der Waals surface area contributed by atoms with Crippen LogP contribution in [0.25, 0.3) is 0 Å². The van der Waals surface area contributed by atoms with Crippen LogP contribution in [0, 0.1) is 13.8 Å². The van der Waals surface area contributed by atoms with Gasteiger partial charge in [0, 0.05) is 30.2 Å². The number of amides is 2. The maximum Gasteiger partial charge on any atom is 0.261 e. The maximum atomic E-state index is 12.2. The molecule has 0 bridgehead atoms. The molecule has 1 aliphatic heterocycles. The van der Waals surface area contributed by atoms with Gasteiger partial charge in [-0.15, -0.1) is 11.3 Å². The average molecular weight is 343 g/mol. The molecule has 0 atom stereocenters. The maximum absolute atomic E-state index is 12.2. The Morgan fingerprint density at radius 2 is 2.04 bits per heavy atom. The van der Waals surface area contributed by atoms with Gasteiger partial charge in [0.1, 0.15) is 0 Å². The van der Waals surface area contributed by atoms with E-state index in [0.717, 1.165) is 28.2 Å². The third-order valence-electron chi connectivity index (χ3n) is 4.18. The summed E-state index contributed by atoms with van der Waals surface area (Å²) < 4.78 is 0. The average Bonchev–Trinajstić information content (AvgIpc) is 2.92. The van der Waals surface area contributed by atoms with Gasteiger partial charge >= 0.3 is 0 Å². The summed E-state index contributed by atoms with van der Waals surface area (Å²) in [5, 5.41) is 5.78. The number of hydrogen-bond donors (Lipinski definition) is 2. The predicted octanol–water partition coefficient (Wildman–Crippen LogP) is 2.23. The van der Waals surface area contributed by atoms with Crippen molar-refractivity contribution in [3.05, 3.63) is 51.2 Å². The van der Waals surface area contributed by atoms with Crippen molar-refractivity contribution in [1.29, 1.82) is 0 Å². The van der Waals surface area contributed by atoms with Gasteiger partial charge in [0.05, 0.1) is 11.4 Å². The van der Waals surface area contributed by atoms with Crippen molar-refractivity contribution in [1.82, 2.24) is 10.6 Å². The first-order valence-corrected chi connectivity index (χ1v) is 8.80. The number of anilines is 1. The number of nitrogens with zero attached hydrogens (tertiary/aromatic N) is 1. The second-order valence-electron chi connectivity index (χ2n) is 5.97. The van der Waals surface area contributed by atoms with E-state index in [1.54, 1.807) is 0 Å². The van der Waals surface area contributed by atoms with Crippen molar-refractivity contribution in [2.75, 3.05) is 24.5 Å². The molecule has 1 fully saturated rings. The number of carbonyl (C=O) groups excluding carboxylic acids is 2. The Bertz CT molecular complexity index is 733. The molecular formula is C18H21N3O2S. The third kappa shape index (κ3) is 3.76. The van der Waals surface area contributed by atoms with E-state index in [1.807, 2.05) is 44.2 Å². The minimum Gasteiger partial charge on any atom is -0.360 e. The smallest absolute Gasteiger partial charge is 0.261 e. The molecule has 24 heavy (non-hydrogen) atoms. The fraction of sp³-hybridized carbons (Fsp3) is 0.333. The number of benzene rings is 1. The first kappa shape index (κ1) is 16.5. The summed E-state index contributed by atoms with van der Waals surface area (Å²) in [4.78, 5) is 27.6. The number of rotatable bonds is 4. The quantitative estimate of drug-likeness (QED) is 0.895. The number of carbonyl (C=O) groups is 2. The summed E-state index contributed by atoms with van der Waals surface area (Å²) in [7, 11) is 0. The Hall–Kier alpha value is -2.34. The summed E-state index contributed by atoms with van der Waals surface area (Å²) in [5.74, 6) is 0.0205. The first-order valence-electron chi connectivity index (χ1n) is 7.99. The molecule has 0 unspecified atom stereocenters. The molecule has 1 saturated heterocycles. The highest BCUT2D eigenvalue weighted by Gasteiger charge is 2.16. The zero-order chi connectivity index (χ0) is 17.1. The SMILES string of the molecule is Cc1cc(C(=O)NCc2ccc(N3CCNC(=O)C3)cc2)sc1C. The lowest BCUT2D eigenvalue weighted by atomic mass is 10.1. The fourth-order valence-electron chi connectivity index (χ4n) is 2.64. The van der Waals surface area contributed by atoms with E-state index in [2.05, 4.69) is 15.5 Å². The number of hydrogen-bond acceptors (Lipinski definition) is 4. The summed E-state index contributed by atoms with van der Waals surface area (Å²) >= 11 is 1.52. The largest absolute Gasteiger partial charge is 0.360 e. The van der Waals surface area contributed by atoms with Crippen LogP contribution in [0.5, 0.6) is 0 Å². The molecule has 0 radical (unpaired) electrons. The molecule has 0 saturated carbocycles. The molecule has 6 heteroatoms. The molecule has 1 aromatic heterocycles. The number of piperazine rings is 1. The minimum absolute atomic E-state index is 0.0343. The highest BCUT2D eigenvalue weighted by Crippen LogP contribution is 2.20.